The van der Waals surface area contributed by atoms with Crippen molar-refractivity contribution in [2.75, 3.05) is 13.2 Å². The molecule has 116 valence electrons. The molecule has 1 saturated heterocycles. The Labute approximate surface area is 129 Å². The lowest BCUT2D eigenvalue weighted by atomic mass is 10.2. The SMILES string of the molecule is NC(=NCc1ncc(-c2ccccc2)[nH]1)NCC1CCCO1. The molecular weight excluding hydrogens is 278 g/mol. The summed E-state index contributed by atoms with van der Waals surface area (Å²) in [5.74, 6) is 1.22. The molecule has 1 unspecified atom stereocenters. The van der Waals surface area contributed by atoms with Gasteiger partial charge in [-0.15, -0.1) is 0 Å². The molecule has 0 spiro atoms. The molecule has 0 aliphatic carbocycles. The molecule has 6 nitrogen and oxygen atoms in total. The number of nitrogens with two attached hydrogens (primary N) is 1. The van der Waals surface area contributed by atoms with E-state index in [2.05, 4.69) is 20.3 Å². The first-order valence-electron chi connectivity index (χ1n) is 7.56. The molecule has 6 heteroatoms. The Bertz CT molecular complexity index is 616. The molecule has 1 aliphatic heterocycles. The van der Waals surface area contributed by atoms with Gasteiger partial charge in [-0.25, -0.2) is 9.98 Å². The molecule has 2 heterocycles. The summed E-state index contributed by atoms with van der Waals surface area (Å²) < 4.78 is 5.53. The summed E-state index contributed by atoms with van der Waals surface area (Å²) in [6.07, 6.45) is 4.27. The third kappa shape index (κ3) is 3.85. The molecule has 1 fully saturated rings. The Morgan fingerprint density at radius 2 is 2.27 bits per heavy atom. The molecule has 1 aromatic carbocycles. The second-order valence-corrected chi connectivity index (χ2v) is 5.33. The van der Waals surface area contributed by atoms with Crippen LogP contribution in [0.2, 0.25) is 0 Å². The van der Waals surface area contributed by atoms with Gasteiger partial charge in [-0.1, -0.05) is 30.3 Å². The fraction of sp³-hybridized carbons (Fsp3) is 0.375. The summed E-state index contributed by atoms with van der Waals surface area (Å²) >= 11 is 0. The van der Waals surface area contributed by atoms with E-state index in [4.69, 9.17) is 10.5 Å². The minimum atomic E-state index is 0.252. The van der Waals surface area contributed by atoms with Crippen molar-refractivity contribution in [3.8, 4) is 11.3 Å². The Balaban J connectivity index is 1.52. The van der Waals surface area contributed by atoms with Gasteiger partial charge in [-0.05, 0) is 18.4 Å². The molecule has 1 atom stereocenters. The molecule has 3 rings (SSSR count). The van der Waals surface area contributed by atoms with Gasteiger partial charge in [0.2, 0.25) is 0 Å². The molecule has 4 N–H and O–H groups in total. The number of nitrogens with one attached hydrogen (secondary N) is 2. The van der Waals surface area contributed by atoms with Crippen LogP contribution in [-0.4, -0.2) is 35.2 Å². The predicted molar refractivity (Wildman–Crippen MR) is 86.3 cm³/mol. The normalized spacial score (nSPS) is 18.5. The molecule has 0 radical (unpaired) electrons. The maximum atomic E-state index is 5.86. The lowest BCUT2D eigenvalue weighted by Crippen LogP contribution is -2.37. The van der Waals surface area contributed by atoms with Crippen LogP contribution in [0.5, 0.6) is 0 Å². The van der Waals surface area contributed by atoms with Crippen molar-refractivity contribution < 1.29 is 4.74 Å². The summed E-state index contributed by atoms with van der Waals surface area (Å²) in [6.45, 7) is 1.98. The molecule has 0 bridgehead atoms. The highest BCUT2D eigenvalue weighted by Gasteiger charge is 2.14. The van der Waals surface area contributed by atoms with Crippen LogP contribution in [-0.2, 0) is 11.3 Å². The minimum absolute atomic E-state index is 0.252. The highest BCUT2D eigenvalue weighted by Crippen LogP contribution is 2.16. The van der Waals surface area contributed by atoms with Crippen LogP contribution in [0, 0.1) is 0 Å². The lowest BCUT2D eigenvalue weighted by molar-refractivity contribution is 0.114. The number of hydrogen-bond donors (Lipinski definition) is 3. The first-order valence-corrected chi connectivity index (χ1v) is 7.56. The third-order valence-corrected chi connectivity index (χ3v) is 3.65. The average Bonchev–Trinajstić information content (AvgIpc) is 3.23. The number of ether oxygens (including phenoxy) is 1. The van der Waals surface area contributed by atoms with Gasteiger partial charge in [0.25, 0.3) is 0 Å². The van der Waals surface area contributed by atoms with E-state index in [0.29, 0.717) is 19.0 Å². The number of imidazole rings is 1. The summed E-state index contributed by atoms with van der Waals surface area (Å²) in [5, 5.41) is 3.09. The Hall–Kier alpha value is -2.34. The zero-order chi connectivity index (χ0) is 15.2. The van der Waals surface area contributed by atoms with Crippen LogP contribution >= 0.6 is 0 Å². The number of rotatable bonds is 5. The predicted octanol–water partition coefficient (Wildman–Crippen LogP) is 1.66. The zero-order valence-electron chi connectivity index (χ0n) is 12.5. The van der Waals surface area contributed by atoms with E-state index in [0.717, 1.165) is 36.5 Å². The molecule has 0 amide bonds. The highest BCUT2D eigenvalue weighted by atomic mass is 16.5. The fourth-order valence-electron chi connectivity index (χ4n) is 2.45. The van der Waals surface area contributed by atoms with E-state index >= 15 is 0 Å². The maximum Gasteiger partial charge on any atom is 0.189 e. The third-order valence-electron chi connectivity index (χ3n) is 3.65. The molecule has 1 aromatic heterocycles. The van der Waals surface area contributed by atoms with Crippen LogP contribution in [0.1, 0.15) is 18.7 Å². The zero-order valence-corrected chi connectivity index (χ0v) is 12.5. The second kappa shape index (κ2) is 7.09. The molecule has 2 aromatic rings. The van der Waals surface area contributed by atoms with Gasteiger partial charge in [-0.3, -0.25) is 0 Å². The number of nitrogens with zero attached hydrogens (tertiary/aromatic N) is 2. The molecule has 1 aliphatic rings. The number of benzene rings is 1. The summed E-state index contributed by atoms with van der Waals surface area (Å²) in [5.41, 5.74) is 7.95. The molecular formula is C16H21N5O. The smallest absolute Gasteiger partial charge is 0.189 e. The quantitative estimate of drug-likeness (QED) is 0.579. The van der Waals surface area contributed by atoms with Gasteiger partial charge < -0.3 is 20.8 Å². The first-order chi connectivity index (χ1) is 10.8. The minimum Gasteiger partial charge on any atom is -0.376 e. The fourth-order valence-corrected chi connectivity index (χ4v) is 2.45. The number of aromatic nitrogens is 2. The number of aromatic amines is 1. The molecule has 0 saturated carbocycles. The number of aliphatic imine (C=N–C) groups is 1. The number of H-pyrrole nitrogens is 1. The van der Waals surface area contributed by atoms with E-state index in [-0.39, 0.29) is 6.10 Å². The van der Waals surface area contributed by atoms with Crippen LogP contribution < -0.4 is 11.1 Å². The van der Waals surface area contributed by atoms with E-state index in [1.54, 1.807) is 0 Å². The summed E-state index contributed by atoms with van der Waals surface area (Å²) in [7, 11) is 0. The Kier molecular flexibility index (Phi) is 4.70. The average molecular weight is 299 g/mol. The van der Waals surface area contributed by atoms with E-state index in [1.165, 1.54) is 0 Å². The van der Waals surface area contributed by atoms with Crippen LogP contribution in [0.25, 0.3) is 11.3 Å². The van der Waals surface area contributed by atoms with Crippen molar-refractivity contribution in [1.82, 2.24) is 15.3 Å². The van der Waals surface area contributed by atoms with Crippen LogP contribution in [0.4, 0.5) is 0 Å². The van der Waals surface area contributed by atoms with Gasteiger partial charge in [-0.2, -0.15) is 0 Å². The topological polar surface area (TPSA) is 88.3 Å². The maximum absolute atomic E-state index is 5.86. The van der Waals surface area contributed by atoms with Gasteiger partial charge in [0, 0.05) is 13.2 Å². The Morgan fingerprint density at radius 1 is 1.41 bits per heavy atom. The number of guanidine groups is 1. The van der Waals surface area contributed by atoms with E-state index in [1.807, 2.05) is 36.5 Å². The van der Waals surface area contributed by atoms with Gasteiger partial charge in [0.1, 0.15) is 12.4 Å². The van der Waals surface area contributed by atoms with Gasteiger partial charge in [0.15, 0.2) is 5.96 Å². The Morgan fingerprint density at radius 3 is 3.05 bits per heavy atom. The largest absolute Gasteiger partial charge is 0.376 e. The van der Waals surface area contributed by atoms with E-state index < -0.39 is 0 Å². The van der Waals surface area contributed by atoms with Crippen molar-refractivity contribution in [2.24, 2.45) is 10.7 Å². The standard InChI is InChI=1S/C16H21N5O/c17-16(19-9-13-7-4-8-22-13)20-11-15-18-10-14(21-15)12-5-2-1-3-6-12/h1-3,5-6,10,13H,4,7-9,11H2,(H,18,21)(H3,17,19,20). The number of hydrogen-bond acceptors (Lipinski definition) is 3. The van der Waals surface area contributed by atoms with Gasteiger partial charge in [0.05, 0.1) is 18.0 Å². The second-order valence-electron chi connectivity index (χ2n) is 5.33. The van der Waals surface area contributed by atoms with Crippen molar-refractivity contribution in [1.29, 1.82) is 0 Å². The van der Waals surface area contributed by atoms with Crippen LogP contribution in [0.15, 0.2) is 41.5 Å². The van der Waals surface area contributed by atoms with Gasteiger partial charge >= 0.3 is 0 Å². The molecule has 22 heavy (non-hydrogen) atoms. The first kappa shape index (κ1) is 14.6. The van der Waals surface area contributed by atoms with Crippen molar-refractivity contribution in [3.05, 3.63) is 42.4 Å². The van der Waals surface area contributed by atoms with Crippen molar-refractivity contribution in [3.63, 3.8) is 0 Å². The summed E-state index contributed by atoms with van der Waals surface area (Å²) in [6, 6.07) is 10.1. The van der Waals surface area contributed by atoms with Crippen LogP contribution in [0.3, 0.4) is 0 Å². The lowest BCUT2D eigenvalue weighted by Gasteiger charge is -2.10. The van der Waals surface area contributed by atoms with Crippen molar-refractivity contribution >= 4 is 5.96 Å². The summed E-state index contributed by atoms with van der Waals surface area (Å²) in [4.78, 5) is 11.9. The van der Waals surface area contributed by atoms with Crippen molar-refractivity contribution in [2.45, 2.75) is 25.5 Å². The monoisotopic (exact) mass is 299 g/mol. The van der Waals surface area contributed by atoms with E-state index in [9.17, 15) is 0 Å². The highest BCUT2D eigenvalue weighted by molar-refractivity contribution is 5.77.